The van der Waals surface area contributed by atoms with Gasteiger partial charge in [-0.15, -0.1) is 0 Å². The first-order chi connectivity index (χ1) is 9.79. The lowest BCUT2D eigenvalue weighted by Crippen LogP contribution is -2.38. The summed E-state index contributed by atoms with van der Waals surface area (Å²) in [5.74, 6) is 1.45. The van der Waals surface area contributed by atoms with Gasteiger partial charge in [0.15, 0.2) is 0 Å². The first kappa shape index (κ1) is 14.8. The maximum atomic E-state index is 8.82. The summed E-state index contributed by atoms with van der Waals surface area (Å²) in [6.45, 7) is 5.42. The van der Waals surface area contributed by atoms with E-state index in [0.717, 1.165) is 38.3 Å². The van der Waals surface area contributed by atoms with Gasteiger partial charge in [0.2, 0.25) is 0 Å². The molecule has 1 N–H and O–H groups in total. The zero-order valence-electron chi connectivity index (χ0n) is 12.0. The van der Waals surface area contributed by atoms with Crippen molar-refractivity contribution in [2.24, 2.45) is 5.92 Å². The molecular formula is C16H22N2O2. The molecule has 1 aromatic rings. The predicted molar refractivity (Wildman–Crippen MR) is 77.7 cm³/mol. The average molecular weight is 274 g/mol. The molecule has 0 saturated carbocycles. The van der Waals surface area contributed by atoms with Crippen molar-refractivity contribution in [2.75, 3.05) is 26.4 Å². The third kappa shape index (κ3) is 4.52. The summed E-state index contributed by atoms with van der Waals surface area (Å²) in [7, 11) is 0. The van der Waals surface area contributed by atoms with Crippen LogP contribution in [0.4, 0.5) is 0 Å². The van der Waals surface area contributed by atoms with Gasteiger partial charge < -0.3 is 14.8 Å². The van der Waals surface area contributed by atoms with Crippen LogP contribution in [0.25, 0.3) is 0 Å². The lowest BCUT2D eigenvalue weighted by atomic mass is 9.93. The third-order valence-corrected chi connectivity index (χ3v) is 3.77. The number of nitrogens with zero attached hydrogens (tertiary/aromatic N) is 1. The van der Waals surface area contributed by atoms with E-state index in [-0.39, 0.29) is 0 Å². The van der Waals surface area contributed by atoms with Gasteiger partial charge in [-0.3, -0.25) is 0 Å². The Morgan fingerprint density at radius 2 is 2.25 bits per heavy atom. The van der Waals surface area contributed by atoms with E-state index in [1.807, 2.05) is 12.1 Å². The van der Waals surface area contributed by atoms with Crippen LogP contribution in [0.2, 0.25) is 0 Å². The summed E-state index contributed by atoms with van der Waals surface area (Å²) in [4.78, 5) is 0. The molecule has 2 rings (SSSR count). The third-order valence-electron chi connectivity index (χ3n) is 3.77. The van der Waals surface area contributed by atoms with E-state index in [9.17, 15) is 0 Å². The number of rotatable bonds is 6. The molecule has 4 heteroatoms. The van der Waals surface area contributed by atoms with Crippen molar-refractivity contribution in [3.05, 3.63) is 29.8 Å². The van der Waals surface area contributed by atoms with Crippen molar-refractivity contribution in [3.8, 4) is 11.8 Å². The standard InChI is InChI=1S/C16H22N2O2/c1-13(15-5-8-19-9-6-15)18-7-10-20-16-4-2-3-14(11-16)12-17/h2-4,11,13,15,18H,5-10H2,1H3/t13-/m1/s1. The number of benzene rings is 1. The zero-order valence-corrected chi connectivity index (χ0v) is 12.0. The fourth-order valence-electron chi connectivity index (χ4n) is 2.49. The number of ether oxygens (including phenoxy) is 2. The van der Waals surface area contributed by atoms with Crippen LogP contribution in [0, 0.1) is 17.2 Å². The van der Waals surface area contributed by atoms with E-state index >= 15 is 0 Å². The van der Waals surface area contributed by atoms with Crippen LogP contribution < -0.4 is 10.1 Å². The van der Waals surface area contributed by atoms with E-state index < -0.39 is 0 Å². The van der Waals surface area contributed by atoms with Gasteiger partial charge in [-0.25, -0.2) is 0 Å². The van der Waals surface area contributed by atoms with Gasteiger partial charge in [-0.1, -0.05) is 6.07 Å². The zero-order chi connectivity index (χ0) is 14.2. The number of hydrogen-bond acceptors (Lipinski definition) is 4. The number of nitrogens with one attached hydrogen (secondary N) is 1. The molecular weight excluding hydrogens is 252 g/mol. The minimum absolute atomic E-state index is 0.493. The second-order valence-corrected chi connectivity index (χ2v) is 5.18. The van der Waals surface area contributed by atoms with E-state index in [1.165, 1.54) is 0 Å². The highest BCUT2D eigenvalue weighted by atomic mass is 16.5. The fraction of sp³-hybridized carbons (Fsp3) is 0.562. The highest BCUT2D eigenvalue weighted by Gasteiger charge is 2.19. The lowest BCUT2D eigenvalue weighted by Gasteiger charge is -2.28. The Bertz CT molecular complexity index is 450. The fourth-order valence-corrected chi connectivity index (χ4v) is 2.49. The Balaban J connectivity index is 1.66. The van der Waals surface area contributed by atoms with E-state index in [0.29, 0.717) is 24.1 Å². The van der Waals surface area contributed by atoms with Gasteiger partial charge in [-0.05, 0) is 43.9 Å². The second kappa shape index (κ2) is 7.88. The number of nitriles is 1. The minimum Gasteiger partial charge on any atom is -0.492 e. The van der Waals surface area contributed by atoms with E-state index in [2.05, 4.69) is 18.3 Å². The monoisotopic (exact) mass is 274 g/mol. The topological polar surface area (TPSA) is 54.3 Å². The summed E-state index contributed by atoms with van der Waals surface area (Å²) in [6, 6.07) is 9.86. The molecule has 1 saturated heterocycles. The van der Waals surface area contributed by atoms with Crippen LogP contribution in [0.15, 0.2) is 24.3 Å². The molecule has 1 atom stereocenters. The van der Waals surface area contributed by atoms with Crippen LogP contribution >= 0.6 is 0 Å². The predicted octanol–water partition coefficient (Wildman–Crippen LogP) is 2.34. The smallest absolute Gasteiger partial charge is 0.120 e. The Labute approximate surface area is 120 Å². The molecule has 1 aromatic carbocycles. The van der Waals surface area contributed by atoms with Crippen LogP contribution in [-0.4, -0.2) is 32.4 Å². The molecule has 1 heterocycles. The highest BCUT2D eigenvalue weighted by molar-refractivity contribution is 5.36. The van der Waals surface area contributed by atoms with Crippen molar-refractivity contribution >= 4 is 0 Å². The van der Waals surface area contributed by atoms with Gasteiger partial charge in [0.05, 0.1) is 11.6 Å². The van der Waals surface area contributed by atoms with Gasteiger partial charge >= 0.3 is 0 Å². The van der Waals surface area contributed by atoms with E-state index in [1.54, 1.807) is 12.1 Å². The van der Waals surface area contributed by atoms with Gasteiger partial charge in [-0.2, -0.15) is 5.26 Å². The van der Waals surface area contributed by atoms with Crippen molar-refractivity contribution in [1.29, 1.82) is 5.26 Å². The Morgan fingerprint density at radius 1 is 1.45 bits per heavy atom. The normalized spacial score (nSPS) is 17.4. The van der Waals surface area contributed by atoms with Gasteiger partial charge in [0.1, 0.15) is 12.4 Å². The quantitative estimate of drug-likeness (QED) is 0.809. The summed E-state index contributed by atoms with van der Waals surface area (Å²) >= 11 is 0. The van der Waals surface area contributed by atoms with Crippen LogP contribution in [0.3, 0.4) is 0 Å². The highest BCUT2D eigenvalue weighted by Crippen LogP contribution is 2.18. The maximum absolute atomic E-state index is 8.82. The van der Waals surface area contributed by atoms with Crippen LogP contribution in [0.5, 0.6) is 5.75 Å². The summed E-state index contributed by atoms with van der Waals surface area (Å²) < 4.78 is 11.0. The molecule has 4 nitrogen and oxygen atoms in total. The summed E-state index contributed by atoms with van der Waals surface area (Å²) in [5.41, 5.74) is 0.631. The molecule has 0 radical (unpaired) electrons. The van der Waals surface area contributed by atoms with E-state index in [4.69, 9.17) is 14.7 Å². The SMILES string of the molecule is C[C@@H](NCCOc1cccc(C#N)c1)C1CCOCC1. The van der Waals surface area contributed by atoms with Crippen molar-refractivity contribution in [3.63, 3.8) is 0 Å². The molecule has 20 heavy (non-hydrogen) atoms. The molecule has 0 spiro atoms. The second-order valence-electron chi connectivity index (χ2n) is 5.18. The van der Waals surface area contributed by atoms with Crippen LogP contribution in [0.1, 0.15) is 25.3 Å². The molecule has 1 aliphatic rings. The van der Waals surface area contributed by atoms with Crippen LogP contribution in [-0.2, 0) is 4.74 Å². The maximum Gasteiger partial charge on any atom is 0.120 e. The molecule has 1 fully saturated rings. The Kier molecular flexibility index (Phi) is 5.85. The summed E-state index contributed by atoms with van der Waals surface area (Å²) in [5, 5.41) is 12.3. The molecule has 0 aliphatic carbocycles. The van der Waals surface area contributed by atoms with Gasteiger partial charge in [0, 0.05) is 25.8 Å². The molecule has 0 amide bonds. The first-order valence-electron chi connectivity index (χ1n) is 7.23. The minimum atomic E-state index is 0.493. The van der Waals surface area contributed by atoms with Crippen molar-refractivity contribution < 1.29 is 9.47 Å². The molecule has 1 aliphatic heterocycles. The molecule has 0 unspecified atom stereocenters. The number of hydrogen-bond donors (Lipinski definition) is 1. The first-order valence-corrected chi connectivity index (χ1v) is 7.23. The van der Waals surface area contributed by atoms with Gasteiger partial charge in [0.25, 0.3) is 0 Å². The average Bonchev–Trinajstić information content (AvgIpc) is 2.52. The Hall–Kier alpha value is -1.57. The molecule has 108 valence electrons. The molecule has 0 aromatic heterocycles. The largest absolute Gasteiger partial charge is 0.492 e. The lowest BCUT2D eigenvalue weighted by molar-refractivity contribution is 0.0556. The van der Waals surface area contributed by atoms with Crippen molar-refractivity contribution in [2.45, 2.75) is 25.8 Å². The van der Waals surface area contributed by atoms with Crippen molar-refractivity contribution in [1.82, 2.24) is 5.32 Å². The Morgan fingerprint density at radius 3 is 3.00 bits per heavy atom. The summed E-state index contributed by atoms with van der Waals surface area (Å²) in [6.07, 6.45) is 2.28. The molecule has 0 bridgehead atoms.